The number of hydrogen-bond acceptors (Lipinski definition) is 2. The smallest absolute Gasteiger partial charge is 0.229 e. The van der Waals surface area contributed by atoms with Gasteiger partial charge >= 0.3 is 0 Å². The Bertz CT molecular complexity index is 596. The molecular weight excluding hydrogens is 279 g/mol. The number of para-hydroxylation sites is 1. The molecule has 2 aromatic rings. The van der Waals surface area contributed by atoms with E-state index in [0.717, 1.165) is 11.1 Å². The molecule has 0 saturated carbocycles. The summed E-state index contributed by atoms with van der Waals surface area (Å²) in [6, 6.07) is 13.3. The first kappa shape index (κ1) is 14.5. The summed E-state index contributed by atoms with van der Waals surface area (Å²) in [4.78, 5) is 11.7. The second-order valence-electron chi connectivity index (χ2n) is 4.43. The van der Waals surface area contributed by atoms with Crippen LogP contribution in [0, 0.1) is 5.82 Å². The van der Waals surface area contributed by atoms with Crippen LogP contribution in [-0.4, -0.2) is 12.4 Å². The number of methoxy groups -OCH3 is 1. The molecular formula is C16H14ClFO2. The molecule has 0 heterocycles. The Morgan fingerprint density at radius 1 is 1.20 bits per heavy atom. The van der Waals surface area contributed by atoms with E-state index < -0.39 is 11.2 Å². The predicted molar refractivity (Wildman–Crippen MR) is 76.7 cm³/mol. The van der Waals surface area contributed by atoms with Crippen molar-refractivity contribution < 1.29 is 13.9 Å². The monoisotopic (exact) mass is 292 g/mol. The fourth-order valence-electron chi connectivity index (χ4n) is 2.12. The molecule has 0 aliphatic rings. The van der Waals surface area contributed by atoms with Crippen molar-refractivity contribution in [3.05, 3.63) is 65.5 Å². The SMILES string of the molecule is COc1ccccc1C(Cc1ccc(F)cc1)C(=O)Cl. The molecule has 0 saturated heterocycles. The van der Waals surface area contributed by atoms with E-state index in [9.17, 15) is 9.18 Å². The van der Waals surface area contributed by atoms with Gasteiger partial charge in [-0.2, -0.15) is 0 Å². The maximum atomic E-state index is 12.9. The topological polar surface area (TPSA) is 26.3 Å². The summed E-state index contributed by atoms with van der Waals surface area (Å²) in [6.07, 6.45) is 0.406. The largest absolute Gasteiger partial charge is 0.496 e. The summed E-state index contributed by atoms with van der Waals surface area (Å²) in [5.41, 5.74) is 1.58. The number of ether oxygens (including phenoxy) is 1. The fourth-order valence-corrected chi connectivity index (χ4v) is 2.32. The van der Waals surface area contributed by atoms with E-state index in [-0.39, 0.29) is 5.82 Å². The molecule has 0 aromatic heterocycles. The van der Waals surface area contributed by atoms with Crippen LogP contribution in [0.4, 0.5) is 4.39 Å². The van der Waals surface area contributed by atoms with Gasteiger partial charge < -0.3 is 4.74 Å². The first-order valence-corrected chi connectivity index (χ1v) is 6.56. The van der Waals surface area contributed by atoms with E-state index in [1.54, 1.807) is 25.3 Å². The number of carbonyl (C=O) groups excluding carboxylic acids is 1. The Labute approximate surface area is 122 Å². The molecule has 1 unspecified atom stereocenters. The molecule has 0 spiro atoms. The van der Waals surface area contributed by atoms with Crippen LogP contribution in [0.15, 0.2) is 48.5 Å². The zero-order valence-electron chi connectivity index (χ0n) is 11.0. The molecule has 0 fully saturated rings. The maximum Gasteiger partial charge on any atom is 0.229 e. The Kier molecular flexibility index (Phi) is 4.74. The third kappa shape index (κ3) is 3.36. The first-order chi connectivity index (χ1) is 9.61. The third-order valence-corrected chi connectivity index (χ3v) is 3.40. The van der Waals surface area contributed by atoms with Gasteiger partial charge in [-0.25, -0.2) is 4.39 Å². The minimum absolute atomic E-state index is 0.306. The highest BCUT2D eigenvalue weighted by atomic mass is 35.5. The van der Waals surface area contributed by atoms with Gasteiger partial charge in [-0.3, -0.25) is 4.79 Å². The Balaban J connectivity index is 2.32. The van der Waals surface area contributed by atoms with Crippen molar-refractivity contribution in [1.29, 1.82) is 0 Å². The zero-order chi connectivity index (χ0) is 14.5. The van der Waals surface area contributed by atoms with E-state index in [1.807, 2.05) is 18.2 Å². The molecule has 0 aliphatic heterocycles. The Hall–Kier alpha value is -1.87. The molecule has 0 radical (unpaired) electrons. The zero-order valence-corrected chi connectivity index (χ0v) is 11.7. The lowest BCUT2D eigenvalue weighted by Crippen LogP contribution is -2.11. The lowest BCUT2D eigenvalue weighted by atomic mass is 9.92. The molecule has 2 rings (SSSR count). The molecule has 0 aliphatic carbocycles. The summed E-state index contributed by atoms with van der Waals surface area (Å²) in [5.74, 6) is -0.202. The lowest BCUT2D eigenvalue weighted by Gasteiger charge is -2.16. The highest BCUT2D eigenvalue weighted by Gasteiger charge is 2.22. The summed E-state index contributed by atoms with van der Waals surface area (Å²) in [6.45, 7) is 0. The van der Waals surface area contributed by atoms with E-state index in [2.05, 4.69) is 0 Å². The summed E-state index contributed by atoms with van der Waals surface area (Å²) in [5, 5.41) is -0.459. The summed E-state index contributed by atoms with van der Waals surface area (Å²) < 4.78 is 18.2. The molecule has 20 heavy (non-hydrogen) atoms. The first-order valence-electron chi connectivity index (χ1n) is 6.18. The molecule has 4 heteroatoms. The second-order valence-corrected chi connectivity index (χ2v) is 4.80. The van der Waals surface area contributed by atoms with Gasteiger partial charge in [-0.1, -0.05) is 30.3 Å². The van der Waals surface area contributed by atoms with Crippen molar-refractivity contribution in [2.75, 3.05) is 7.11 Å². The molecule has 2 aromatic carbocycles. The quantitative estimate of drug-likeness (QED) is 0.781. The fraction of sp³-hybridized carbons (Fsp3) is 0.188. The van der Waals surface area contributed by atoms with Crippen molar-refractivity contribution >= 4 is 16.8 Å². The standard InChI is InChI=1S/C16H14ClFO2/c1-20-15-5-3-2-4-13(15)14(16(17)19)10-11-6-8-12(18)9-7-11/h2-9,14H,10H2,1H3. The second kappa shape index (κ2) is 6.53. The van der Waals surface area contributed by atoms with Crippen LogP contribution in [0.1, 0.15) is 17.0 Å². The van der Waals surface area contributed by atoms with Crippen LogP contribution in [0.3, 0.4) is 0 Å². The van der Waals surface area contributed by atoms with Gasteiger partial charge in [0.15, 0.2) is 0 Å². The molecule has 1 atom stereocenters. The van der Waals surface area contributed by atoms with Gasteiger partial charge in [-0.15, -0.1) is 0 Å². The van der Waals surface area contributed by atoms with Crippen molar-refractivity contribution in [2.45, 2.75) is 12.3 Å². The normalized spacial score (nSPS) is 11.9. The van der Waals surface area contributed by atoms with Gasteiger partial charge in [0.25, 0.3) is 0 Å². The van der Waals surface area contributed by atoms with Crippen LogP contribution in [-0.2, 0) is 11.2 Å². The van der Waals surface area contributed by atoms with Crippen molar-refractivity contribution in [1.82, 2.24) is 0 Å². The van der Waals surface area contributed by atoms with Crippen molar-refractivity contribution in [3.8, 4) is 5.75 Å². The minimum Gasteiger partial charge on any atom is -0.496 e. The molecule has 0 N–H and O–H groups in total. The average Bonchev–Trinajstić information content (AvgIpc) is 2.46. The molecule has 0 amide bonds. The van der Waals surface area contributed by atoms with Gasteiger partial charge in [-0.05, 0) is 41.8 Å². The van der Waals surface area contributed by atoms with Crippen LogP contribution in [0.5, 0.6) is 5.75 Å². The van der Waals surface area contributed by atoms with E-state index in [1.165, 1.54) is 12.1 Å². The van der Waals surface area contributed by atoms with Gasteiger partial charge in [0.05, 0.1) is 13.0 Å². The third-order valence-electron chi connectivity index (χ3n) is 3.14. The van der Waals surface area contributed by atoms with Gasteiger partial charge in [0.1, 0.15) is 11.6 Å². The number of rotatable bonds is 5. The minimum atomic E-state index is -0.515. The summed E-state index contributed by atoms with van der Waals surface area (Å²) >= 11 is 5.72. The number of hydrogen-bond donors (Lipinski definition) is 0. The van der Waals surface area contributed by atoms with Crippen LogP contribution >= 0.6 is 11.6 Å². The van der Waals surface area contributed by atoms with Gasteiger partial charge in [0, 0.05) is 5.56 Å². The highest BCUT2D eigenvalue weighted by Crippen LogP contribution is 2.31. The van der Waals surface area contributed by atoms with Crippen molar-refractivity contribution in [2.24, 2.45) is 0 Å². The highest BCUT2D eigenvalue weighted by molar-refractivity contribution is 6.64. The van der Waals surface area contributed by atoms with Gasteiger partial charge in [0.2, 0.25) is 5.24 Å². The van der Waals surface area contributed by atoms with E-state index >= 15 is 0 Å². The van der Waals surface area contributed by atoms with E-state index in [0.29, 0.717) is 12.2 Å². The number of benzene rings is 2. The maximum absolute atomic E-state index is 12.9. The van der Waals surface area contributed by atoms with Crippen LogP contribution in [0.25, 0.3) is 0 Å². The van der Waals surface area contributed by atoms with Crippen LogP contribution in [0.2, 0.25) is 0 Å². The molecule has 0 bridgehead atoms. The van der Waals surface area contributed by atoms with Crippen molar-refractivity contribution in [3.63, 3.8) is 0 Å². The lowest BCUT2D eigenvalue weighted by molar-refractivity contribution is -0.113. The average molecular weight is 293 g/mol. The van der Waals surface area contributed by atoms with Crippen LogP contribution < -0.4 is 4.74 Å². The Morgan fingerprint density at radius 2 is 1.85 bits per heavy atom. The number of halogens is 2. The Morgan fingerprint density at radius 3 is 2.45 bits per heavy atom. The van der Waals surface area contributed by atoms with E-state index in [4.69, 9.17) is 16.3 Å². The predicted octanol–water partition coefficient (Wildman–Crippen LogP) is 3.93. The summed E-state index contributed by atoms with van der Waals surface area (Å²) in [7, 11) is 1.55. The number of carbonyl (C=O) groups is 1. The molecule has 104 valence electrons. The molecule has 2 nitrogen and oxygen atoms in total.